The first kappa shape index (κ1) is 22.6. The minimum absolute atomic E-state index is 0.0187. The lowest BCUT2D eigenvalue weighted by Gasteiger charge is -2.28. The van der Waals surface area contributed by atoms with Gasteiger partial charge in [0.1, 0.15) is 22.9 Å². The number of carbonyl (C=O) groups is 1. The number of anilines is 1. The molecule has 8 nitrogen and oxygen atoms in total. The van der Waals surface area contributed by atoms with Crippen LogP contribution in [0.1, 0.15) is 47.8 Å². The third-order valence-electron chi connectivity index (χ3n) is 7.99. The Kier molecular flexibility index (Phi) is 5.39. The number of hydrogen-bond donors (Lipinski definition) is 4. The van der Waals surface area contributed by atoms with E-state index in [2.05, 4.69) is 42.9 Å². The van der Waals surface area contributed by atoms with E-state index in [-0.39, 0.29) is 5.91 Å². The molecule has 1 saturated carbocycles. The highest BCUT2D eigenvalue weighted by molar-refractivity contribution is 6.06. The third kappa shape index (κ3) is 3.80. The van der Waals surface area contributed by atoms with Crippen LogP contribution in [0, 0.1) is 5.92 Å². The highest BCUT2D eigenvalue weighted by Gasteiger charge is 2.28. The quantitative estimate of drug-likeness (QED) is 0.243. The van der Waals surface area contributed by atoms with Crippen molar-refractivity contribution in [3.8, 4) is 11.4 Å². The Morgan fingerprint density at radius 1 is 1.05 bits per heavy atom. The fourth-order valence-electron chi connectivity index (χ4n) is 5.98. The molecule has 0 radical (unpaired) electrons. The van der Waals surface area contributed by atoms with E-state index in [4.69, 9.17) is 10.7 Å². The average molecular weight is 504 g/mol. The summed E-state index contributed by atoms with van der Waals surface area (Å²) >= 11 is 0. The molecule has 0 atom stereocenters. The van der Waals surface area contributed by atoms with Gasteiger partial charge < -0.3 is 21.0 Å². The Morgan fingerprint density at radius 2 is 1.84 bits per heavy atom. The Labute approximate surface area is 219 Å². The van der Waals surface area contributed by atoms with E-state index in [1.165, 1.54) is 0 Å². The molecule has 1 aliphatic rings. The number of fused-ring (bicyclic) bond motifs is 3. The smallest absolute Gasteiger partial charge is 0.253 e. The van der Waals surface area contributed by atoms with Crippen molar-refractivity contribution in [1.82, 2.24) is 29.7 Å². The van der Waals surface area contributed by atoms with Crippen LogP contribution in [0.15, 0.2) is 73.2 Å². The van der Waals surface area contributed by atoms with Crippen molar-refractivity contribution in [2.75, 3.05) is 12.3 Å². The summed E-state index contributed by atoms with van der Waals surface area (Å²) < 4.78 is 2.12. The maximum Gasteiger partial charge on any atom is 0.253 e. The molecule has 1 aliphatic carbocycles. The molecule has 0 spiro atoms. The number of carbonyl (C=O) groups excluding carboxylic acids is 1. The van der Waals surface area contributed by atoms with Crippen molar-refractivity contribution in [1.29, 1.82) is 0 Å². The van der Waals surface area contributed by atoms with Crippen LogP contribution in [0.3, 0.4) is 0 Å². The summed E-state index contributed by atoms with van der Waals surface area (Å²) in [4.78, 5) is 29.1. The second-order valence-corrected chi connectivity index (χ2v) is 10.3. The Morgan fingerprint density at radius 3 is 2.68 bits per heavy atom. The Bertz CT molecular complexity index is 1750. The number of benzene rings is 2. The number of nitrogens with two attached hydrogens (primary N) is 1. The minimum Gasteiger partial charge on any atom is -0.382 e. The summed E-state index contributed by atoms with van der Waals surface area (Å²) in [6, 6.07) is 18.2. The Hall–Kier alpha value is -4.59. The minimum atomic E-state index is -0.0187. The van der Waals surface area contributed by atoms with E-state index in [1.807, 2.05) is 42.6 Å². The Balaban J connectivity index is 1.08. The van der Waals surface area contributed by atoms with Gasteiger partial charge in [-0.1, -0.05) is 36.4 Å². The highest BCUT2D eigenvalue weighted by atomic mass is 16.1. The standard InChI is InChI=1S/C30H29N7O/c31-28-27-26(25-15-20-5-1-3-7-23(20)35-25)36-29(37(27)14-13-32-28)19-11-9-18(10-12-19)16-34-30(38)22-17-33-24-8-4-2-6-21(22)24/h1-8,13-15,17-19,33,35H,9-12,16H2,(H2,31,32)(H,34,38)/t18-,19-. The van der Waals surface area contributed by atoms with Gasteiger partial charge in [-0.2, -0.15) is 0 Å². The number of amides is 1. The zero-order valence-corrected chi connectivity index (χ0v) is 20.9. The first-order valence-corrected chi connectivity index (χ1v) is 13.2. The zero-order chi connectivity index (χ0) is 25.6. The summed E-state index contributed by atoms with van der Waals surface area (Å²) in [6.45, 7) is 0.685. The number of nitrogens with zero attached hydrogens (tertiary/aromatic N) is 3. The molecule has 38 heavy (non-hydrogen) atoms. The molecule has 1 amide bonds. The molecular formula is C30H29N7O. The molecule has 0 saturated heterocycles. The predicted octanol–water partition coefficient (Wildman–Crippen LogP) is 5.64. The number of nitrogen functional groups attached to an aromatic ring is 1. The molecule has 0 aliphatic heterocycles. The number of imidazole rings is 1. The van der Waals surface area contributed by atoms with Crippen molar-refractivity contribution < 1.29 is 4.79 Å². The number of para-hydroxylation sites is 2. The van der Waals surface area contributed by atoms with Gasteiger partial charge in [-0.25, -0.2) is 9.97 Å². The first-order valence-electron chi connectivity index (χ1n) is 13.2. The largest absolute Gasteiger partial charge is 0.382 e. The highest BCUT2D eigenvalue weighted by Crippen LogP contribution is 2.38. The van der Waals surface area contributed by atoms with E-state index >= 15 is 0 Å². The topological polar surface area (TPSA) is 117 Å². The van der Waals surface area contributed by atoms with Crippen molar-refractivity contribution >= 4 is 39.0 Å². The fraction of sp³-hybridized carbons (Fsp3) is 0.233. The van der Waals surface area contributed by atoms with Gasteiger partial charge >= 0.3 is 0 Å². The zero-order valence-electron chi connectivity index (χ0n) is 20.9. The van der Waals surface area contributed by atoms with Gasteiger partial charge in [0.15, 0.2) is 0 Å². The van der Waals surface area contributed by atoms with Crippen molar-refractivity contribution in [3.63, 3.8) is 0 Å². The number of aromatic amines is 2. The molecule has 8 heteroatoms. The van der Waals surface area contributed by atoms with Gasteiger partial charge in [0.05, 0.1) is 11.3 Å². The first-order chi connectivity index (χ1) is 18.7. The molecule has 2 aromatic carbocycles. The molecule has 7 rings (SSSR count). The number of aromatic nitrogens is 5. The summed E-state index contributed by atoms with van der Waals surface area (Å²) in [5, 5.41) is 5.27. The van der Waals surface area contributed by atoms with Crippen molar-refractivity contribution in [2.24, 2.45) is 5.92 Å². The van der Waals surface area contributed by atoms with Gasteiger partial charge in [-0.05, 0) is 49.8 Å². The SMILES string of the molecule is Nc1nccn2c1c(-c1cc3ccccc3[nH]1)nc2[C@H]1CC[C@H](CNC(=O)c2c[nH]c3ccccc23)CC1. The van der Waals surface area contributed by atoms with Crippen molar-refractivity contribution in [3.05, 3.63) is 84.6 Å². The molecule has 190 valence electrons. The summed E-state index contributed by atoms with van der Waals surface area (Å²) in [5.74, 6) is 2.27. The molecule has 4 aromatic heterocycles. The van der Waals surface area contributed by atoms with E-state index < -0.39 is 0 Å². The van der Waals surface area contributed by atoms with Crippen LogP contribution in [0.4, 0.5) is 5.82 Å². The molecule has 4 heterocycles. The second-order valence-electron chi connectivity index (χ2n) is 10.3. The fourth-order valence-corrected chi connectivity index (χ4v) is 5.98. The van der Waals surface area contributed by atoms with Crippen LogP contribution >= 0.6 is 0 Å². The lowest BCUT2D eigenvalue weighted by Crippen LogP contribution is -2.31. The number of nitrogens with one attached hydrogen (secondary N) is 3. The normalized spacial score (nSPS) is 17.9. The van der Waals surface area contributed by atoms with Gasteiger partial charge in [-0.15, -0.1) is 0 Å². The van der Waals surface area contributed by atoms with Crippen LogP contribution in [0.2, 0.25) is 0 Å². The average Bonchev–Trinajstić information content (AvgIpc) is 3.67. The molecular weight excluding hydrogens is 474 g/mol. The summed E-state index contributed by atoms with van der Waals surface area (Å²) in [6.07, 6.45) is 9.61. The van der Waals surface area contributed by atoms with Crippen molar-refractivity contribution in [2.45, 2.75) is 31.6 Å². The maximum absolute atomic E-state index is 12.9. The van der Waals surface area contributed by atoms with Crippen LogP contribution in [-0.4, -0.2) is 36.8 Å². The number of hydrogen-bond acceptors (Lipinski definition) is 4. The van der Waals surface area contributed by atoms with Crippen LogP contribution < -0.4 is 11.1 Å². The summed E-state index contributed by atoms with van der Waals surface area (Å²) in [7, 11) is 0. The van der Waals surface area contributed by atoms with E-state index in [1.54, 1.807) is 12.4 Å². The van der Waals surface area contributed by atoms with Gasteiger partial charge in [0.25, 0.3) is 5.91 Å². The molecule has 5 N–H and O–H groups in total. The van der Waals surface area contributed by atoms with Crippen LogP contribution in [0.5, 0.6) is 0 Å². The van der Waals surface area contributed by atoms with E-state index in [0.29, 0.717) is 29.8 Å². The number of H-pyrrole nitrogens is 2. The third-order valence-corrected chi connectivity index (χ3v) is 7.99. The number of rotatable bonds is 5. The summed E-state index contributed by atoms with van der Waals surface area (Å²) in [5.41, 5.74) is 11.8. The van der Waals surface area contributed by atoms with E-state index in [9.17, 15) is 4.79 Å². The predicted molar refractivity (Wildman–Crippen MR) is 150 cm³/mol. The second kappa shape index (κ2) is 9.06. The van der Waals surface area contributed by atoms with Crippen LogP contribution in [0.25, 0.3) is 38.7 Å². The van der Waals surface area contributed by atoms with Gasteiger partial charge in [0, 0.05) is 52.9 Å². The lowest BCUT2D eigenvalue weighted by molar-refractivity contribution is 0.0944. The monoisotopic (exact) mass is 503 g/mol. The molecule has 0 unspecified atom stereocenters. The van der Waals surface area contributed by atoms with Gasteiger partial charge in [0.2, 0.25) is 0 Å². The molecule has 0 bridgehead atoms. The van der Waals surface area contributed by atoms with E-state index in [0.717, 1.165) is 70.2 Å². The maximum atomic E-state index is 12.9. The van der Waals surface area contributed by atoms with Gasteiger partial charge in [-0.3, -0.25) is 9.20 Å². The lowest BCUT2D eigenvalue weighted by atomic mass is 9.81. The molecule has 6 aromatic rings. The molecule has 1 fully saturated rings. The van der Waals surface area contributed by atoms with Crippen LogP contribution in [-0.2, 0) is 0 Å².